The van der Waals surface area contributed by atoms with E-state index in [1.807, 2.05) is 13.0 Å². The molecule has 3 aromatic carbocycles. The van der Waals surface area contributed by atoms with Crippen molar-refractivity contribution in [2.75, 3.05) is 37.9 Å². The molecule has 0 saturated carbocycles. The molecule has 53 heavy (non-hydrogen) atoms. The van der Waals surface area contributed by atoms with Gasteiger partial charge in [-0.2, -0.15) is 4.31 Å². The SMILES string of the molecule is CCC(Oc1ccc(C(C)(C)CC)cc1C(C)(C)CC)C(=O)Nc1cc(C(=O)c2cc(S(=O)(=O)N(CC)CC)cc(NC(C)=O)c2OC)ccc1OC. The van der Waals surface area contributed by atoms with Gasteiger partial charge in [-0.3, -0.25) is 14.4 Å². The lowest BCUT2D eigenvalue weighted by atomic mass is 9.76. The van der Waals surface area contributed by atoms with Crippen LogP contribution in [0.25, 0.3) is 0 Å². The molecule has 2 amide bonds. The third kappa shape index (κ3) is 9.58. The van der Waals surface area contributed by atoms with Gasteiger partial charge in [0.25, 0.3) is 5.91 Å². The molecule has 3 rings (SSSR count). The summed E-state index contributed by atoms with van der Waals surface area (Å²) in [6, 6.07) is 13.2. The van der Waals surface area contributed by atoms with E-state index in [0.717, 1.165) is 18.4 Å². The Balaban J connectivity index is 2.08. The van der Waals surface area contributed by atoms with E-state index in [2.05, 4.69) is 64.3 Å². The van der Waals surface area contributed by atoms with Gasteiger partial charge >= 0.3 is 0 Å². The number of ketones is 1. The first-order chi connectivity index (χ1) is 24.8. The summed E-state index contributed by atoms with van der Waals surface area (Å²) in [5.41, 5.74) is 2.23. The van der Waals surface area contributed by atoms with Crippen LogP contribution < -0.4 is 24.8 Å². The third-order valence-electron chi connectivity index (χ3n) is 10.1. The average molecular weight is 752 g/mol. The molecule has 2 N–H and O–H groups in total. The number of amides is 2. The molecule has 1 unspecified atom stereocenters. The minimum atomic E-state index is -4.04. The highest BCUT2D eigenvalue weighted by molar-refractivity contribution is 7.89. The first-order valence-corrected chi connectivity index (χ1v) is 19.6. The predicted octanol–water partition coefficient (Wildman–Crippen LogP) is 8.10. The van der Waals surface area contributed by atoms with Crippen LogP contribution in [0.3, 0.4) is 0 Å². The molecule has 0 radical (unpaired) electrons. The van der Waals surface area contributed by atoms with Gasteiger partial charge in [0.1, 0.15) is 11.5 Å². The second-order valence-electron chi connectivity index (χ2n) is 14.3. The van der Waals surface area contributed by atoms with Crippen molar-refractivity contribution in [3.05, 3.63) is 70.8 Å². The standard InChI is InChI=1S/C41H57N3O8S/c1-13-34(52-35-21-19-28(40(7,8)14-2)23-31(35)41(9,10)15-3)39(47)43-32-22-27(18-20-36(32)50-11)37(46)30-24-29(53(48,49)44(16-4)17-5)25-33(38(30)51-12)42-26(6)45/h18-25,34H,13-17H2,1-12H3,(H,42,45)(H,43,47). The minimum Gasteiger partial charge on any atom is -0.495 e. The molecule has 0 aliphatic carbocycles. The number of carbonyl (C=O) groups is 3. The van der Waals surface area contributed by atoms with E-state index in [-0.39, 0.29) is 57.1 Å². The Kier molecular flexibility index (Phi) is 14.3. The summed E-state index contributed by atoms with van der Waals surface area (Å²) in [4.78, 5) is 40.0. The number of nitrogens with zero attached hydrogens (tertiary/aromatic N) is 1. The second-order valence-corrected chi connectivity index (χ2v) is 16.2. The smallest absolute Gasteiger partial charge is 0.265 e. The highest BCUT2D eigenvalue weighted by Gasteiger charge is 2.31. The molecular weight excluding hydrogens is 695 g/mol. The molecule has 3 aromatic rings. The Bertz CT molecular complexity index is 1920. The van der Waals surface area contributed by atoms with E-state index >= 15 is 0 Å². The molecule has 0 fully saturated rings. The molecule has 12 heteroatoms. The van der Waals surface area contributed by atoms with Crippen molar-refractivity contribution >= 4 is 39.0 Å². The summed E-state index contributed by atoms with van der Waals surface area (Å²) in [5, 5.41) is 5.49. The van der Waals surface area contributed by atoms with Crippen LogP contribution in [0, 0.1) is 0 Å². The van der Waals surface area contributed by atoms with Gasteiger partial charge < -0.3 is 24.8 Å². The summed E-state index contributed by atoms with van der Waals surface area (Å²) in [5.74, 6) is -0.602. The molecule has 0 aromatic heterocycles. The van der Waals surface area contributed by atoms with Gasteiger partial charge in [0.15, 0.2) is 17.6 Å². The number of carbonyl (C=O) groups excluding carboxylic acids is 3. The minimum absolute atomic E-state index is 0.0105. The molecule has 0 aliphatic heterocycles. The summed E-state index contributed by atoms with van der Waals surface area (Å²) in [6.45, 7) is 20.0. The Morgan fingerprint density at radius 1 is 0.774 bits per heavy atom. The van der Waals surface area contributed by atoms with Gasteiger partial charge in [0, 0.05) is 31.1 Å². The highest BCUT2D eigenvalue weighted by Crippen LogP contribution is 2.40. The fourth-order valence-electron chi connectivity index (χ4n) is 5.90. The lowest BCUT2D eigenvalue weighted by Gasteiger charge is -2.31. The molecule has 1 atom stereocenters. The first kappa shape index (κ1) is 43.0. The van der Waals surface area contributed by atoms with Crippen molar-refractivity contribution in [3.63, 3.8) is 0 Å². The van der Waals surface area contributed by atoms with Gasteiger partial charge in [-0.15, -0.1) is 0 Å². The molecule has 0 heterocycles. The van der Waals surface area contributed by atoms with Gasteiger partial charge in [-0.25, -0.2) is 8.42 Å². The van der Waals surface area contributed by atoms with Gasteiger partial charge in [0.2, 0.25) is 15.9 Å². The highest BCUT2D eigenvalue weighted by atomic mass is 32.2. The fourth-order valence-corrected chi connectivity index (χ4v) is 7.41. The van der Waals surface area contributed by atoms with Crippen molar-refractivity contribution < 1.29 is 37.0 Å². The van der Waals surface area contributed by atoms with E-state index in [0.29, 0.717) is 17.9 Å². The van der Waals surface area contributed by atoms with Crippen molar-refractivity contribution in [1.29, 1.82) is 0 Å². The van der Waals surface area contributed by atoms with Crippen LogP contribution in [-0.4, -0.2) is 63.7 Å². The first-order valence-electron chi connectivity index (χ1n) is 18.2. The maximum Gasteiger partial charge on any atom is 0.265 e. The number of anilines is 2. The van der Waals surface area contributed by atoms with Crippen LogP contribution in [-0.2, 0) is 30.4 Å². The number of benzene rings is 3. The van der Waals surface area contributed by atoms with Crippen LogP contribution in [0.15, 0.2) is 53.4 Å². The summed E-state index contributed by atoms with van der Waals surface area (Å²) in [7, 11) is -1.27. The van der Waals surface area contributed by atoms with Crippen LogP contribution in [0.1, 0.15) is 116 Å². The Morgan fingerprint density at radius 2 is 1.40 bits per heavy atom. The molecular formula is C41H57N3O8S. The fraction of sp³-hybridized carbons (Fsp3) is 0.488. The zero-order valence-electron chi connectivity index (χ0n) is 33.4. The lowest BCUT2D eigenvalue weighted by Crippen LogP contribution is -2.33. The molecule has 0 aliphatic rings. The molecule has 290 valence electrons. The Morgan fingerprint density at radius 3 is 1.92 bits per heavy atom. The predicted molar refractivity (Wildman–Crippen MR) is 210 cm³/mol. The number of ether oxygens (including phenoxy) is 3. The summed E-state index contributed by atoms with van der Waals surface area (Å²) in [6.07, 6.45) is 1.31. The van der Waals surface area contributed by atoms with Crippen molar-refractivity contribution in [2.45, 2.75) is 110 Å². The van der Waals surface area contributed by atoms with Gasteiger partial charge in [0.05, 0.1) is 36.1 Å². The normalized spacial score (nSPS) is 12.6. The molecule has 0 bridgehead atoms. The van der Waals surface area contributed by atoms with Crippen molar-refractivity contribution in [2.24, 2.45) is 0 Å². The van der Waals surface area contributed by atoms with E-state index in [9.17, 15) is 22.8 Å². The molecule has 11 nitrogen and oxygen atoms in total. The number of hydrogen-bond donors (Lipinski definition) is 2. The van der Waals surface area contributed by atoms with Gasteiger partial charge in [-0.1, -0.05) is 74.4 Å². The monoisotopic (exact) mass is 751 g/mol. The van der Waals surface area contributed by atoms with E-state index < -0.39 is 33.7 Å². The zero-order chi connectivity index (χ0) is 39.9. The van der Waals surface area contributed by atoms with E-state index in [4.69, 9.17) is 14.2 Å². The van der Waals surface area contributed by atoms with Crippen LogP contribution in [0.4, 0.5) is 11.4 Å². The van der Waals surface area contributed by atoms with E-state index in [1.54, 1.807) is 19.9 Å². The molecule has 0 spiro atoms. The lowest BCUT2D eigenvalue weighted by molar-refractivity contribution is -0.123. The third-order valence-corrected chi connectivity index (χ3v) is 12.1. The number of methoxy groups -OCH3 is 2. The number of hydrogen-bond acceptors (Lipinski definition) is 8. The van der Waals surface area contributed by atoms with Crippen LogP contribution in [0.5, 0.6) is 17.2 Å². The second kappa shape index (κ2) is 17.6. The largest absolute Gasteiger partial charge is 0.495 e. The quantitative estimate of drug-likeness (QED) is 0.124. The average Bonchev–Trinajstić information content (AvgIpc) is 3.13. The number of nitrogens with one attached hydrogen (secondary N) is 2. The molecule has 0 saturated heterocycles. The Labute approximate surface area is 315 Å². The van der Waals surface area contributed by atoms with Gasteiger partial charge in [-0.05, 0) is 72.1 Å². The number of sulfonamides is 1. The van der Waals surface area contributed by atoms with Crippen LogP contribution in [0.2, 0.25) is 0 Å². The van der Waals surface area contributed by atoms with Crippen LogP contribution >= 0.6 is 0 Å². The summed E-state index contributed by atoms with van der Waals surface area (Å²) < 4.78 is 46.0. The Hall–Kier alpha value is -4.42. The maximum atomic E-state index is 14.2. The number of rotatable bonds is 18. The topological polar surface area (TPSA) is 140 Å². The summed E-state index contributed by atoms with van der Waals surface area (Å²) >= 11 is 0. The zero-order valence-corrected chi connectivity index (χ0v) is 34.2. The van der Waals surface area contributed by atoms with E-state index in [1.165, 1.54) is 55.3 Å². The maximum absolute atomic E-state index is 14.2. The van der Waals surface area contributed by atoms with Crippen molar-refractivity contribution in [1.82, 2.24) is 4.31 Å². The van der Waals surface area contributed by atoms with Crippen molar-refractivity contribution in [3.8, 4) is 17.2 Å².